The number of halogens is 2. The summed E-state index contributed by atoms with van der Waals surface area (Å²) in [6, 6.07) is 4.76. The molecule has 0 bridgehead atoms. The summed E-state index contributed by atoms with van der Waals surface area (Å²) in [6.45, 7) is -0.0743. The summed E-state index contributed by atoms with van der Waals surface area (Å²) in [5.41, 5.74) is 5.76. The molecule has 0 amide bonds. The number of nitrogens with zero attached hydrogens (tertiary/aromatic N) is 3. The Morgan fingerprint density at radius 1 is 1.20 bits per heavy atom. The van der Waals surface area contributed by atoms with Crippen molar-refractivity contribution in [3.63, 3.8) is 0 Å². The summed E-state index contributed by atoms with van der Waals surface area (Å²) in [7, 11) is 2.83. The molecule has 0 atom stereocenters. The predicted octanol–water partition coefficient (Wildman–Crippen LogP) is 1.77. The van der Waals surface area contributed by atoms with E-state index in [1.807, 2.05) is 0 Å². The van der Waals surface area contributed by atoms with Crippen molar-refractivity contribution in [3.05, 3.63) is 54.6 Å². The highest BCUT2D eigenvalue weighted by atomic mass is 35.5. The van der Waals surface area contributed by atoms with Gasteiger partial charge in [-0.2, -0.15) is 4.98 Å². The maximum Gasteiger partial charge on any atom is 0.332 e. The maximum atomic E-state index is 12.8. The highest BCUT2D eigenvalue weighted by molar-refractivity contribution is 6.36. The molecule has 130 valence electrons. The molecule has 0 aliphatic heterocycles. The van der Waals surface area contributed by atoms with Crippen LogP contribution < -0.4 is 17.0 Å². The Labute approximate surface area is 151 Å². The fourth-order valence-electron chi connectivity index (χ4n) is 2.80. The van der Waals surface area contributed by atoms with Crippen LogP contribution in [0, 0.1) is 0 Å². The number of hydrogen-bond acceptors (Lipinski definition) is 5. The number of nitrogens with two attached hydrogens (primary N) is 1. The molecule has 3 N–H and O–H groups in total. The van der Waals surface area contributed by atoms with Crippen LogP contribution in [0.3, 0.4) is 0 Å². The first-order chi connectivity index (χ1) is 11.8. The van der Waals surface area contributed by atoms with Crippen molar-refractivity contribution in [2.75, 3.05) is 0 Å². The number of rotatable bonds is 2. The molecule has 0 unspecified atom stereocenters. The lowest BCUT2D eigenvalue weighted by Gasteiger charge is -2.16. The molecular formula is C16H14Cl2N4O3. The lowest BCUT2D eigenvalue weighted by Crippen LogP contribution is -2.37. The third kappa shape index (κ3) is 2.60. The second-order valence-corrected chi connectivity index (χ2v) is 6.37. The van der Waals surface area contributed by atoms with Gasteiger partial charge in [-0.3, -0.25) is 13.9 Å². The summed E-state index contributed by atoms with van der Waals surface area (Å²) in [5, 5.41) is 11.1. The van der Waals surface area contributed by atoms with Crippen LogP contribution in [0.4, 0.5) is 0 Å². The van der Waals surface area contributed by atoms with E-state index in [0.717, 1.165) is 4.57 Å². The fraction of sp³-hybridized carbons (Fsp3) is 0.188. The van der Waals surface area contributed by atoms with Crippen LogP contribution in [0.15, 0.2) is 27.8 Å². The first-order valence-electron chi connectivity index (χ1n) is 7.25. The molecule has 3 rings (SSSR count). The SMILES string of the molecule is Cn1c(=O)c2c(-c3ccc(Cl)cc3Cl)c(CN)c(O)nc2n(C)c1=O. The number of aromatic nitrogens is 3. The van der Waals surface area contributed by atoms with Gasteiger partial charge in [-0.05, 0) is 12.1 Å². The van der Waals surface area contributed by atoms with E-state index in [1.54, 1.807) is 12.1 Å². The number of aryl methyl sites for hydroxylation is 1. The summed E-state index contributed by atoms with van der Waals surface area (Å²) in [4.78, 5) is 28.9. The zero-order valence-corrected chi connectivity index (χ0v) is 14.9. The molecule has 3 aromatic rings. The van der Waals surface area contributed by atoms with Crippen LogP contribution in [-0.4, -0.2) is 19.2 Å². The van der Waals surface area contributed by atoms with E-state index in [1.165, 1.54) is 24.7 Å². The van der Waals surface area contributed by atoms with Crippen molar-refractivity contribution in [3.8, 4) is 17.0 Å². The van der Waals surface area contributed by atoms with E-state index in [0.29, 0.717) is 16.1 Å². The summed E-state index contributed by atoms with van der Waals surface area (Å²) in [5.74, 6) is -0.362. The Morgan fingerprint density at radius 3 is 2.48 bits per heavy atom. The summed E-state index contributed by atoms with van der Waals surface area (Å²) >= 11 is 12.3. The average Bonchev–Trinajstić information content (AvgIpc) is 2.57. The number of fused-ring (bicyclic) bond motifs is 1. The van der Waals surface area contributed by atoms with Crippen molar-refractivity contribution in [1.29, 1.82) is 0 Å². The van der Waals surface area contributed by atoms with E-state index >= 15 is 0 Å². The zero-order chi connectivity index (χ0) is 18.5. The Bertz CT molecular complexity index is 1140. The average molecular weight is 381 g/mol. The van der Waals surface area contributed by atoms with E-state index in [9.17, 15) is 14.7 Å². The van der Waals surface area contributed by atoms with Crippen LogP contribution in [0.5, 0.6) is 5.88 Å². The second kappa shape index (κ2) is 6.18. The Kier molecular flexibility index (Phi) is 4.32. The summed E-state index contributed by atoms with van der Waals surface area (Å²) in [6.07, 6.45) is 0. The van der Waals surface area contributed by atoms with Gasteiger partial charge in [-0.15, -0.1) is 0 Å². The summed E-state index contributed by atoms with van der Waals surface area (Å²) < 4.78 is 2.15. The minimum atomic E-state index is -0.557. The monoisotopic (exact) mass is 380 g/mol. The largest absolute Gasteiger partial charge is 0.493 e. The Hall–Kier alpha value is -2.35. The smallest absolute Gasteiger partial charge is 0.332 e. The maximum absolute atomic E-state index is 12.8. The molecule has 7 nitrogen and oxygen atoms in total. The molecule has 25 heavy (non-hydrogen) atoms. The molecule has 0 saturated heterocycles. The zero-order valence-electron chi connectivity index (χ0n) is 13.4. The van der Waals surface area contributed by atoms with Gasteiger partial charge in [0.05, 0.1) is 5.39 Å². The molecule has 0 saturated carbocycles. The lowest BCUT2D eigenvalue weighted by atomic mass is 9.97. The van der Waals surface area contributed by atoms with Gasteiger partial charge in [-0.1, -0.05) is 29.3 Å². The standard InChI is InChI=1S/C16H14Cl2N4O3/c1-21-13-12(15(24)22(2)16(21)25)11(9(6-19)14(23)20-13)8-4-3-7(17)5-10(8)18/h3-5H,6,19H2,1-2H3,(H,20,23). The highest BCUT2D eigenvalue weighted by Gasteiger charge is 2.22. The third-order valence-electron chi connectivity index (χ3n) is 4.07. The minimum Gasteiger partial charge on any atom is -0.493 e. The van der Waals surface area contributed by atoms with Gasteiger partial charge in [0.2, 0.25) is 5.88 Å². The van der Waals surface area contributed by atoms with Crippen molar-refractivity contribution in [2.24, 2.45) is 19.8 Å². The number of hydrogen-bond donors (Lipinski definition) is 2. The number of pyridine rings is 1. The van der Waals surface area contributed by atoms with Crippen LogP contribution in [0.25, 0.3) is 22.2 Å². The molecule has 0 aliphatic rings. The Morgan fingerprint density at radius 2 is 1.88 bits per heavy atom. The molecule has 2 aromatic heterocycles. The molecule has 2 heterocycles. The van der Waals surface area contributed by atoms with Crippen LogP contribution in [0.1, 0.15) is 5.56 Å². The topological polar surface area (TPSA) is 103 Å². The molecule has 0 radical (unpaired) electrons. The van der Waals surface area contributed by atoms with E-state index < -0.39 is 11.2 Å². The molecule has 9 heteroatoms. The molecular weight excluding hydrogens is 367 g/mol. The molecule has 0 spiro atoms. The fourth-order valence-corrected chi connectivity index (χ4v) is 3.30. The van der Waals surface area contributed by atoms with Gasteiger partial charge in [-0.25, -0.2) is 4.79 Å². The van der Waals surface area contributed by atoms with Crippen LogP contribution in [-0.2, 0) is 20.6 Å². The van der Waals surface area contributed by atoms with Crippen molar-refractivity contribution < 1.29 is 5.11 Å². The van der Waals surface area contributed by atoms with Crippen molar-refractivity contribution >= 4 is 34.2 Å². The van der Waals surface area contributed by atoms with Gasteiger partial charge in [0.1, 0.15) is 0 Å². The predicted molar refractivity (Wildman–Crippen MR) is 97.2 cm³/mol. The quantitative estimate of drug-likeness (QED) is 0.704. The van der Waals surface area contributed by atoms with Gasteiger partial charge < -0.3 is 10.8 Å². The highest BCUT2D eigenvalue weighted by Crippen LogP contribution is 2.38. The number of benzene rings is 1. The van der Waals surface area contributed by atoms with Gasteiger partial charge in [0.15, 0.2) is 5.65 Å². The van der Waals surface area contributed by atoms with E-state index in [2.05, 4.69) is 4.98 Å². The molecule has 1 aromatic carbocycles. The van der Waals surface area contributed by atoms with Gasteiger partial charge in [0.25, 0.3) is 5.56 Å². The first kappa shape index (κ1) is 17.5. The minimum absolute atomic E-state index is 0.0452. The first-order valence-corrected chi connectivity index (χ1v) is 8.00. The van der Waals surface area contributed by atoms with E-state index in [4.69, 9.17) is 28.9 Å². The van der Waals surface area contributed by atoms with Gasteiger partial charge in [0, 0.05) is 47.4 Å². The van der Waals surface area contributed by atoms with Crippen molar-refractivity contribution in [2.45, 2.75) is 6.54 Å². The normalized spacial score (nSPS) is 11.2. The van der Waals surface area contributed by atoms with Crippen LogP contribution >= 0.6 is 23.2 Å². The lowest BCUT2D eigenvalue weighted by molar-refractivity contribution is 0.447. The second-order valence-electron chi connectivity index (χ2n) is 5.52. The van der Waals surface area contributed by atoms with Crippen molar-refractivity contribution in [1.82, 2.24) is 14.1 Å². The van der Waals surface area contributed by atoms with E-state index in [-0.39, 0.29) is 34.0 Å². The number of aromatic hydroxyl groups is 1. The third-order valence-corrected chi connectivity index (χ3v) is 4.62. The van der Waals surface area contributed by atoms with Gasteiger partial charge >= 0.3 is 5.69 Å². The van der Waals surface area contributed by atoms with Crippen LogP contribution in [0.2, 0.25) is 10.0 Å². The Balaban J connectivity index is 2.65. The molecule has 0 aliphatic carbocycles. The molecule has 0 fully saturated rings.